The van der Waals surface area contributed by atoms with Gasteiger partial charge in [0.25, 0.3) is 0 Å². The van der Waals surface area contributed by atoms with E-state index in [2.05, 4.69) is 29.0 Å². The van der Waals surface area contributed by atoms with Crippen LogP contribution in [0.4, 0.5) is 0 Å². The monoisotopic (exact) mass is 368 g/mol. The molecule has 0 unspecified atom stereocenters. The minimum atomic E-state index is 0.228. The molecule has 0 saturated heterocycles. The van der Waals surface area contributed by atoms with Crippen LogP contribution in [0.5, 0.6) is 0 Å². The first kappa shape index (κ1) is 22.6. The van der Waals surface area contributed by atoms with E-state index >= 15 is 0 Å². The maximum absolute atomic E-state index is 9.04. The lowest BCUT2D eigenvalue weighted by atomic mass is 10.1. The highest BCUT2D eigenvalue weighted by atomic mass is 32.2. The number of rotatable bonds is 16. The molecule has 0 aromatic carbocycles. The Kier molecular flexibility index (Phi) is 15.3. The van der Waals surface area contributed by atoms with E-state index in [1.165, 1.54) is 77.0 Å². The van der Waals surface area contributed by atoms with Gasteiger partial charge in [0.05, 0.1) is 13.2 Å². The van der Waals surface area contributed by atoms with Gasteiger partial charge < -0.3 is 10.0 Å². The lowest BCUT2D eigenvalue weighted by Crippen LogP contribution is -2.28. The smallest absolute Gasteiger partial charge is 0.159 e. The molecule has 0 aromatic heterocycles. The van der Waals surface area contributed by atoms with Gasteiger partial charge in [-0.2, -0.15) is 0 Å². The first-order chi connectivity index (χ1) is 12.4. The Hall–Kier alpha value is -0.480. The molecule has 0 saturated carbocycles. The second-order valence-electron chi connectivity index (χ2n) is 6.95. The minimum Gasteiger partial charge on any atom is -0.395 e. The molecule has 0 spiro atoms. The van der Waals surface area contributed by atoms with Crippen LogP contribution in [-0.4, -0.2) is 47.2 Å². The summed E-state index contributed by atoms with van der Waals surface area (Å²) < 4.78 is 0. The van der Waals surface area contributed by atoms with Gasteiger partial charge in [0.15, 0.2) is 5.17 Å². The van der Waals surface area contributed by atoms with E-state index in [9.17, 15) is 0 Å². The lowest BCUT2D eigenvalue weighted by molar-refractivity contribution is 0.258. The zero-order valence-electron chi connectivity index (χ0n) is 16.4. The zero-order chi connectivity index (χ0) is 18.0. The Bertz CT molecular complexity index is 358. The summed E-state index contributed by atoms with van der Waals surface area (Å²) in [5.74, 6) is 1.16. The van der Waals surface area contributed by atoms with Crippen molar-refractivity contribution in [3.8, 4) is 0 Å². The molecule has 0 bridgehead atoms. The number of allylic oxidation sites excluding steroid dienone is 2. The summed E-state index contributed by atoms with van der Waals surface area (Å²) in [5, 5.41) is 10.2. The van der Waals surface area contributed by atoms with E-state index in [4.69, 9.17) is 5.11 Å². The maximum Gasteiger partial charge on any atom is 0.159 e. The van der Waals surface area contributed by atoms with Crippen LogP contribution in [0.25, 0.3) is 0 Å². The number of β-amino-alcohol motifs (C(OH)–C–C–N with tert-alkyl or cyclic N) is 1. The van der Waals surface area contributed by atoms with Crippen molar-refractivity contribution >= 4 is 16.9 Å². The number of aliphatic imine (C=N–C) groups is 1. The third-order valence-electron chi connectivity index (χ3n) is 4.64. The fourth-order valence-electron chi connectivity index (χ4n) is 3.09. The van der Waals surface area contributed by atoms with E-state index in [0.29, 0.717) is 0 Å². The molecule has 1 aliphatic heterocycles. The van der Waals surface area contributed by atoms with Crippen molar-refractivity contribution < 1.29 is 5.11 Å². The molecule has 4 heteroatoms. The van der Waals surface area contributed by atoms with E-state index in [-0.39, 0.29) is 6.61 Å². The average molecular weight is 369 g/mol. The molecule has 1 aliphatic rings. The highest BCUT2D eigenvalue weighted by molar-refractivity contribution is 8.13. The first-order valence-corrected chi connectivity index (χ1v) is 11.5. The molecule has 1 N–H and O–H groups in total. The predicted octanol–water partition coefficient (Wildman–Crippen LogP) is 5.64. The summed E-state index contributed by atoms with van der Waals surface area (Å²) >= 11 is 1.87. The number of hydrogen-bond donors (Lipinski definition) is 1. The number of unbranched alkanes of at least 4 members (excludes halogenated alkanes) is 10. The number of aliphatic hydroxyl groups excluding tert-OH is 1. The highest BCUT2D eigenvalue weighted by Crippen LogP contribution is 2.16. The number of aliphatic hydroxyl groups is 1. The lowest BCUT2D eigenvalue weighted by Gasteiger charge is -2.17. The summed E-state index contributed by atoms with van der Waals surface area (Å²) in [4.78, 5) is 6.73. The van der Waals surface area contributed by atoms with E-state index in [1.807, 2.05) is 11.8 Å². The number of hydrogen-bond acceptors (Lipinski definition) is 4. The first-order valence-electron chi connectivity index (χ1n) is 10.6. The van der Waals surface area contributed by atoms with Crippen molar-refractivity contribution in [1.29, 1.82) is 0 Å². The average Bonchev–Trinajstić information content (AvgIpc) is 3.06. The standard InChI is InChI=1S/C21H40N2OS/c1-2-3-4-5-6-7-8-9-10-11-12-13-14-15-20-25-21-22-16-17-23(21)18-19-24/h9-10,24H,2-8,11-20H2,1H3/b10-9+. The van der Waals surface area contributed by atoms with E-state index in [1.54, 1.807) is 0 Å². The molecular formula is C21H40N2OS. The summed E-state index contributed by atoms with van der Waals surface area (Å²) in [6, 6.07) is 0. The summed E-state index contributed by atoms with van der Waals surface area (Å²) in [5.41, 5.74) is 0. The van der Waals surface area contributed by atoms with Gasteiger partial charge in [0, 0.05) is 18.8 Å². The maximum atomic E-state index is 9.04. The van der Waals surface area contributed by atoms with Crippen molar-refractivity contribution in [1.82, 2.24) is 4.90 Å². The van der Waals surface area contributed by atoms with Crippen LogP contribution in [-0.2, 0) is 0 Å². The van der Waals surface area contributed by atoms with Crippen LogP contribution in [0.15, 0.2) is 17.1 Å². The van der Waals surface area contributed by atoms with Crippen LogP contribution in [0.1, 0.15) is 84.0 Å². The largest absolute Gasteiger partial charge is 0.395 e. The quantitative estimate of drug-likeness (QED) is 0.283. The molecule has 0 atom stereocenters. The molecule has 146 valence electrons. The molecule has 0 fully saturated rings. The number of thioether (sulfide) groups is 1. The number of amidine groups is 1. The molecule has 0 radical (unpaired) electrons. The Labute approximate surface area is 160 Å². The molecule has 1 rings (SSSR count). The van der Waals surface area contributed by atoms with E-state index in [0.717, 1.165) is 30.6 Å². The van der Waals surface area contributed by atoms with Crippen LogP contribution >= 0.6 is 11.8 Å². The molecule has 0 aromatic rings. The normalized spacial score (nSPS) is 14.6. The molecule has 1 heterocycles. The minimum absolute atomic E-state index is 0.228. The summed E-state index contributed by atoms with van der Waals surface area (Å²) in [6.07, 6.45) is 20.9. The number of nitrogens with zero attached hydrogens (tertiary/aromatic N) is 2. The SMILES string of the molecule is CCCCCCCC/C=C/CCCCCCSC1=NCCN1CCO. The zero-order valence-corrected chi connectivity index (χ0v) is 17.2. The Morgan fingerprint density at radius 1 is 0.960 bits per heavy atom. The van der Waals surface area contributed by atoms with Crippen molar-refractivity contribution in [2.24, 2.45) is 4.99 Å². The second kappa shape index (κ2) is 17.0. The highest BCUT2D eigenvalue weighted by Gasteiger charge is 2.15. The van der Waals surface area contributed by atoms with Gasteiger partial charge in [-0.05, 0) is 32.1 Å². The Morgan fingerprint density at radius 2 is 1.60 bits per heavy atom. The van der Waals surface area contributed by atoms with Gasteiger partial charge in [-0.3, -0.25) is 4.99 Å². The van der Waals surface area contributed by atoms with Gasteiger partial charge >= 0.3 is 0 Å². The third-order valence-corrected chi connectivity index (χ3v) is 5.78. The summed E-state index contributed by atoms with van der Waals surface area (Å²) in [6.45, 7) is 5.11. The third kappa shape index (κ3) is 12.5. The van der Waals surface area contributed by atoms with Gasteiger partial charge in [-0.25, -0.2) is 0 Å². The molecule has 0 aliphatic carbocycles. The van der Waals surface area contributed by atoms with Crippen molar-refractivity contribution in [3.05, 3.63) is 12.2 Å². The predicted molar refractivity (Wildman–Crippen MR) is 114 cm³/mol. The van der Waals surface area contributed by atoms with Crippen molar-refractivity contribution in [2.75, 3.05) is 32.0 Å². The van der Waals surface area contributed by atoms with Crippen LogP contribution < -0.4 is 0 Å². The fraction of sp³-hybridized carbons (Fsp3) is 0.857. The molecule has 25 heavy (non-hydrogen) atoms. The Morgan fingerprint density at radius 3 is 2.28 bits per heavy atom. The van der Waals surface area contributed by atoms with Crippen LogP contribution in [0.3, 0.4) is 0 Å². The van der Waals surface area contributed by atoms with Gasteiger partial charge in [0.2, 0.25) is 0 Å². The van der Waals surface area contributed by atoms with Gasteiger partial charge in [-0.15, -0.1) is 0 Å². The summed E-state index contributed by atoms with van der Waals surface area (Å²) in [7, 11) is 0. The second-order valence-corrected chi connectivity index (χ2v) is 8.02. The van der Waals surface area contributed by atoms with Crippen molar-refractivity contribution in [2.45, 2.75) is 84.0 Å². The topological polar surface area (TPSA) is 35.8 Å². The molecular weight excluding hydrogens is 328 g/mol. The van der Waals surface area contributed by atoms with Crippen molar-refractivity contribution in [3.63, 3.8) is 0 Å². The van der Waals surface area contributed by atoms with Crippen LogP contribution in [0.2, 0.25) is 0 Å². The molecule has 0 amide bonds. The van der Waals surface area contributed by atoms with Crippen LogP contribution in [0, 0.1) is 0 Å². The Balaban J connectivity index is 1.82. The van der Waals surface area contributed by atoms with E-state index < -0.39 is 0 Å². The fourth-order valence-corrected chi connectivity index (χ4v) is 4.17. The molecule has 3 nitrogen and oxygen atoms in total. The van der Waals surface area contributed by atoms with Gasteiger partial charge in [0.1, 0.15) is 0 Å². The van der Waals surface area contributed by atoms with Gasteiger partial charge in [-0.1, -0.05) is 75.8 Å².